The fourth-order valence-electron chi connectivity index (χ4n) is 10.6. The maximum absolute atomic E-state index is 12.9. The van der Waals surface area contributed by atoms with E-state index in [0.29, 0.717) is 11.1 Å². The fourth-order valence-corrected chi connectivity index (χ4v) is 12.1. The van der Waals surface area contributed by atoms with Crippen molar-refractivity contribution in [1.29, 1.82) is 0 Å². The molecule has 2 saturated heterocycles. The van der Waals surface area contributed by atoms with Gasteiger partial charge in [0.2, 0.25) is 21.8 Å². The number of nitrogens with two attached hydrogens (primary N) is 2. The number of hydrogen-bond acceptors (Lipinski definition) is 22. The van der Waals surface area contributed by atoms with E-state index >= 15 is 0 Å². The molecule has 2 aliphatic heterocycles. The van der Waals surface area contributed by atoms with Crippen molar-refractivity contribution >= 4 is 91.8 Å². The molecule has 0 radical (unpaired) electrons. The van der Waals surface area contributed by atoms with Crippen LogP contribution >= 0.6 is 45.9 Å². The first kappa shape index (κ1) is 59.8. The largest absolute Gasteiger partial charge is 0.479 e. The van der Waals surface area contributed by atoms with E-state index in [2.05, 4.69) is 39.9 Å². The Balaban J connectivity index is 0.000000179. The third-order valence-corrected chi connectivity index (χ3v) is 16.7. The van der Waals surface area contributed by atoms with Crippen molar-refractivity contribution in [2.75, 3.05) is 24.7 Å². The van der Waals surface area contributed by atoms with E-state index in [4.69, 9.17) is 53.6 Å². The van der Waals surface area contributed by atoms with E-state index in [0.717, 1.165) is 33.4 Å². The van der Waals surface area contributed by atoms with Crippen LogP contribution < -0.4 is 11.5 Å². The van der Waals surface area contributed by atoms with E-state index < -0.39 is 72.2 Å². The molecule has 10 aromatic rings. The van der Waals surface area contributed by atoms with Gasteiger partial charge in [0.1, 0.15) is 47.7 Å². The van der Waals surface area contributed by atoms with Gasteiger partial charge < -0.3 is 61.1 Å². The highest BCUT2D eigenvalue weighted by Gasteiger charge is 2.51. The minimum atomic E-state index is -1.90. The van der Waals surface area contributed by atoms with Crippen LogP contribution in [0, 0.1) is 13.8 Å². The lowest BCUT2D eigenvalue weighted by Gasteiger charge is -2.30. The highest BCUT2D eigenvalue weighted by Crippen LogP contribution is 2.39. The number of aromatic nitrogens is 10. The van der Waals surface area contributed by atoms with Crippen LogP contribution in [0.4, 0.5) is 11.6 Å². The Morgan fingerprint density at radius 2 is 0.953 bits per heavy atom. The minimum absolute atomic E-state index is 0.0445. The molecule has 12 rings (SSSR count). The Labute approximate surface area is 506 Å². The van der Waals surface area contributed by atoms with Crippen LogP contribution in [-0.2, 0) is 52.6 Å². The Morgan fingerprint density at radius 1 is 0.570 bits per heavy atom. The van der Waals surface area contributed by atoms with Gasteiger partial charge in [0.05, 0.1) is 48.3 Å². The van der Waals surface area contributed by atoms with Gasteiger partial charge in [-0.25, -0.2) is 29.5 Å². The van der Waals surface area contributed by atoms with Crippen molar-refractivity contribution in [2.24, 2.45) is 0 Å². The second-order valence-electron chi connectivity index (χ2n) is 20.5. The number of aliphatic hydroxyl groups excluding tert-OH is 4. The number of imidazole rings is 2. The second-order valence-corrected chi connectivity index (χ2v) is 22.6. The molecule has 86 heavy (non-hydrogen) atoms. The molecule has 28 heteroatoms. The van der Waals surface area contributed by atoms with Crippen molar-refractivity contribution in [1.82, 2.24) is 49.0 Å². The minimum Gasteiger partial charge on any atom is -0.479 e. The number of fused-ring (bicyclic) bond motifs is 2. The molecule has 10 atom stereocenters. The Hall–Kier alpha value is -7.96. The summed E-state index contributed by atoms with van der Waals surface area (Å²) in [5, 5.41) is 67.6. The third kappa shape index (κ3) is 11.6. The number of thiazole rings is 2. The number of anilines is 2. The smallest absolute Gasteiger partial charge is 0.342 e. The molecule has 8 heterocycles. The summed E-state index contributed by atoms with van der Waals surface area (Å²) in [6.45, 7) is 3.32. The molecule has 0 bridgehead atoms. The number of aliphatic hydroxyl groups is 4. The van der Waals surface area contributed by atoms with Crippen molar-refractivity contribution < 1.29 is 59.2 Å². The monoisotopic (exact) mass is 1240 g/mol. The summed E-state index contributed by atoms with van der Waals surface area (Å²) in [5.41, 5.74) is 20.2. The number of halogens is 2. The molecule has 4 aromatic carbocycles. The van der Waals surface area contributed by atoms with Crippen LogP contribution in [0.5, 0.6) is 0 Å². The summed E-state index contributed by atoms with van der Waals surface area (Å²) in [4.78, 5) is 58.7. The van der Waals surface area contributed by atoms with Gasteiger partial charge in [0.25, 0.3) is 0 Å². The van der Waals surface area contributed by atoms with Crippen molar-refractivity contribution in [3.63, 3.8) is 0 Å². The number of hydrogen-bond donors (Lipinski definition) is 8. The lowest BCUT2D eigenvalue weighted by atomic mass is 9.90. The lowest BCUT2D eigenvalue weighted by Crippen LogP contribution is -2.44. The molecule has 0 unspecified atom stereocenters. The van der Waals surface area contributed by atoms with Gasteiger partial charge in [-0.1, -0.05) is 97.1 Å². The maximum atomic E-state index is 12.9. The number of benzene rings is 4. The molecular formula is C58H54Cl2N12O12S2. The number of carbonyl (C=O) groups is 2. The number of carboxylic acids is 2. The van der Waals surface area contributed by atoms with E-state index in [1.54, 1.807) is 10.8 Å². The lowest BCUT2D eigenvalue weighted by molar-refractivity contribution is -0.177. The molecule has 0 amide bonds. The number of aliphatic carboxylic acids is 2. The molecule has 0 saturated carbocycles. The second kappa shape index (κ2) is 24.8. The van der Waals surface area contributed by atoms with E-state index in [-0.39, 0.29) is 82.0 Å². The van der Waals surface area contributed by atoms with Crippen molar-refractivity contribution in [2.45, 2.75) is 87.0 Å². The first-order valence-corrected chi connectivity index (χ1v) is 29.2. The van der Waals surface area contributed by atoms with Crippen molar-refractivity contribution in [3.05, 3.63) is 176 Å². The van der Waals surface area contributed by atoms with E-state index in [1.807, 2.05) is 111 Å². The number of nitrogens with zero attached hydrogens (tertiary/aromatic N) is 10. The molecule has 0 spiro atoms. The highest BCUT2D eigenvalue weighted by molar-refractivity contribution is 7.07. The summed E-state index contributed by atoms with van der Waals surface area (Å²) in [6.07, 6.45) is -7.58. The third-order valence-electron chi connectivity index (χ3n) is 15.2. The van der Waals surface area contributed by atoms with Crippen LogP contribution in [0.1, 0.15) is 46.1 Å². The first-order chi connectivity index (χ1) is 41.3. The van der Waals surface area contributed by atoms with E-state index in [9.17, 15) is 40.2 Å². The normalized spacial score (nSPS) is 21.7. The van der Waals surface area contributed by atoms with Gasteiger partial charge >= 0.3 is 11.9 Å². The molecule has 10 N–H and O–H groups in total. The zero-order valence-electron chi connectivity index (χ0n) is 45.5. The number of ether oxygens (including phenoxy) is 4. The van der Waals surface area contributed by atoms with Gasteiger partial charge in [-0.15, -0.1) is 22.7 Å². The zero-order chi connectivity index (χ0) is 60.6. The summed E-state index contributed by atoms with van der Waals surface area (Å²) in [5.74, 6) is -2.42. The van der Waals surface area contributed by atoms with Crippen LogP contribution in [0.25, 0.3) is 44.6 Å². The predicted molar refractivity (Wildman–Crippen MR) is 317 cm³/mol. The maximum Gasteiger partial charge on any atom is 0.342 e. The van der Waals surface area contributed by atoms with Gasteiger partial charge in [-0.3, -0.25) is 9.13 Å². The summed E-state index contributed by atoms with van der Waals surface area (Å²) in [7, 11) is 0. The van der Waals surface area contributed by atoms with Crippen LogP contribution in [0.15, 0.2) is 131 Å². The average molecular weight is 1250 g/mol. The van der Waals surface area contributed by atoms with Crippen LogP contribution in [0.3, 0.4) is 0 Å². The molecule has 0 aliphatic carbocycles. The van der Waals surface area contributed by atoms with Crippen molar-refractivity contribution in [3.8, 4) is 22.3 Å². The first-order valence-electron chi connectivity index (χ1n) is 26.5. The summed E-state index contributed by atoms with van der Waals surface area (Å²) < 4.78 is 27.0. The number of nitrogen functional groups attached to an aromatic ring is 2. The predicted octanol–water partition coefficient (Wildman–Crippen LogP) is 6.70. The Kier molecular flexibility index (Phi) is 17.2. The SMILES string of the molecule is Cc1ccccc1-c1ccc(C[C@@](OC[C@H]2O[C@@H](n3cnc4c(N)nc(Cl)nc43)[C@H](O)[C@@H]2O)(C(=O)O)c2cscn2)cc1.Cc1ccccc1-c1ccc(C[C@](OC[C@H]2O[C@@H](n3cnc4c(N)nc(Cl)nc43)[C@H](O)[C@@H]2O)(C(=O)O)c2cscn2)cc1. The van der Waals surface area contributed by atoms with Gasteiger partial charge in [-0.2, -0.15) is 19.9 Å². The Morgan fingerprint density at radius 3 is 1.30 bits per heavy atom. The quantitative estimate of drug-likeness (QED) is 0.0414. The molecule has 6 aromatic heterocycles. The molecular weight excluding hydrogens is 1190 g/mol. The Bertz CT molecular complexity index is 3790. The molecule has 444 valence electrons. The molecule has 2 fully saturated rings. The fraction of sp³-hybridized carbons (Fsp3) is 0.276. The topological polar surface area (TPSA) is 357 Å². The van der Waals surface area contributed by atoms with Crippen LogP contribution in [0.2, 0.25) is 10.6 Å². The number of rotatable bonds is 18. The molecule has 24 nitrogen and oxygen atoms in total. The average Bonchev–Trinajstić information content (AvgIpc) is 1.92. The standard InChI is InChI=1S/2C29H27ClN6O6S/c2*1-15-4-2-3-5-18(15)17-8-6-16(7-9-17)10-29(27(39)40,20-12-43-14-33-20)41-11-19-22(37)23(38)26(42-19)36-13-32-21-24(31)34-28(30)35-25(21)36/h2*2-9,12-14,19,22-23,26,37-38H,10-11H2,1H3,(H,39,40)(H2,31,34,35)/t19-,22-,23-,26-,29+;19-,22-,23-,26-,29-/m11/s1. The van der Waals surface area contributed by atoms with Crippen LogP contribution in [-0.4, -0.2) is 141 Å². The van der Waals surface area contributed by atoms with Gasteiger partial charge in [0.15, 0.2) is 35.4 Å². The summed E-state index contributed by atoms with van der Waals surface area (Å²) in [6, 6.07) is 31.2. The van der Waals surface area contributed by atoms with Gasteiger partial charge in [-0.05, 0) is 81.6 Å². The van der Waals surface area contributed by atoms with E-state index in [1.165, 1.54) is 55.5 Å². The number of carboxylic acid groups (broad SMARTS) is 2. The number of aryl methyl sites for hydroxylation is 2. The highest BCUT2D eigenvalue weighted by atomic mass is 35.5. The zero-order valence-corrected chi connectivity index (χ0v) is 48.6. The summed E-state index contributed by atoms with van der Waals surface area (Å²) >= 11 is 14.4. The molecule has 2 aliphatic rings. The van der Waals surface area contributed by atoms with Gasteiger partial charge in [0, 0.05) is 23.6 Å².